The Morgan fingerprint density at radius 2 is 2.18 bits per heavy atom. The van der Waals surface area contributed by atoms with Crippen LogP contribution in [-0.2, 0) is 12.1 Å². The van der Waals surface area contributed by atoms with Crippen LogP contribution in [0.4, 0.5) is 13.2 Å². The van der Waals surface area contributed by atoms with E-state index in [4.69, 9.17) is 11.6 Å². The standard InChI is InChI=1S/C5H3ClF3NS/c6-1-4-10-3(2-11-4)5(7,8)9/h2H,1H2. The normalized spacial score (nSPS) is 12.0. The topological polar surface area (TPSA) is 12.9 Å². The Kier molecular flexibility index (Phi) is 2.39. The van der Waals surface area contributed by atoms with Crippen LogP contribution in [0.1, 0.15) is 10.7 Å². The predicted molar refractivity (Wildman–Crippen MR) is 36.7 cm³/mol. The summed E-state index contributed by atoms with van der Waals surface area (Å²) in [6, 6.07) is 0. The number of halogens is 4. The number of thiazole rings is 1. The van der Waals surface area contributed by atoms with Gasteiger partial charge in [-0.25, -0.2) is 4.98 Å². The minimum atomic E-state index is -4.35. The zero-order valence-corrected chi connectivity index (χ0v) is 6.72. The van der Waals surface area contributed by atoms with Crippen LogP contribution >= 0.6 is 22.9 Å². The zero-order valence-electron chi connectivity index (χ0n) is 5.15. The highest BCUT2D eigenvalue weighted by Gasteiger charge is 2.33. The van der Waals surface area contributed by atoms with E-state index in [2.05, 4.69) is 4.98 Å². The number of rotatable bonds is 1. The highest BCUT2D eigenvalue weighted by molar-refractivity contribution is 7.09. The molecule has 1 rings (SSSR count). The number of hydrogen-bond acceptors (Lipinski definition) is 2. The first-order valence-electron chi connectivity index (χ1n) is 2.61. The Morgan fingerprint density at radius 3 is 2.45 bits per heavy atom. The molecule has 0 aliphatic rings. The van der Waals surface area contributed by atoms with Gasteiger partial charge in [0.15, 0.2) is 5.69 Å². The van der Waals surface area contributed by atoms with Crippen molar-refractivity contribution >= 4 is 22.9 Å². The Morgan fingerprint density at radius 1 is 1.55 bits per heavy atom. The van der Waals surface area contributed by atoms with E-state index in [1.807, 2.05) is 0 Å². The van der Waals surface area contributed by atoms with Gasteiger partial charge in [0.05, 0.1) is 5.88 Å². The summed E-state index contributed by atoms with van der Waals surface area (Å²) in [5, 5.41) is 1.25. The van der Waals surface area contributed by atoms with Crippen molar-refractivity contribution in [3.8, 4) is 0 Å². The van der Waals surface area contributed by atoms with Crippen LogP contribution in [0.5, 0.6) is 0 Å². The minimum Gasteiger partial charge on any atom is -0.235 e. The van der Waals surface area contributed by atoms with Crippen LogP contribution in [0.2, 0.25) is 0 Å². The number of alkyl halides is 4. The van der Waals surface area contributed by atoms with Crippen molar-refractivity contribution in [1.29, 1.82) is 0 Å². The summed E-state index contributed by atoms with van der Waals surface area (Å²) < 4.78 is 35.5. The quantitative estimate of drug-likeness (QED) is 0.637. The van der Waals surface area contributed by atoms with E-state index in [0.717, 1.165) is 16.7 Å². The van der Waals surface area contributed by atoms with Crippen molar-refractivity contribution in [2.45, 2.75) is 12.1 Å². The molecule has 0 N–H and O–H groups in total. The van der Waals surface area contributed by atoms with Gasteiger partial charge in [-0.1, -0.05) is 0 Å². The van der Waals surface area contributed by atoms with E-state index >= 15 is 0 Å². The van der Waals surface area contributed by atoms with E-state index < -0.39 is 11.9 Å². The van der Waals surface area contributed by atoms with Crippen molar-refractivity contribution < 1.29 is 13.2 Å². The van der Waals surface area contributed by atoms with E-state index in [1.54, 1.807) is 0 Å². The summed E-state index contributed by atoms with van der Waals surface area (Å²) in [6.45, 7) is 0. The van der Waals surface area contributed by atoms with Crippen LogP contribution < -0.4 is 0 Å². The SMILES string of the molecule is FC(F)(F)c1csc(CCl)n1. The smallest absolute Gasteiger partial charge is 0.235 e. The van der Waals surface area contributed by atoms with Gasteiger partial charge in [-0.15, -0.1) is 22.9 Å². The lowest BCUT2D eigenvalue weighted by Crippen LogP contribution is -2.04. The second-order valence-electron chi connectivity index (χ2n) is 1.76. The average molecular weight is 202 g/mol. The molecule has 1 heterocycles. The molecule has 0 aliphatic carbocycles. The number of hydrogen-bond donors (Lipinski definition) is 0. The summed E-state index contributed by atoms with van der Waals surface area (Å²) in [6.07, 6.45) is -4.35. The van der Waals surface area contributed by atoms with Gasteiger partial charge in [0.2, 0.25) is 0 Å². The van der Waals surface area contributed by atoms with Crippen molar-refractivity contribution in [2.75, 3.05) is 0 Å². The van der Waals surface area contributed by atoms with Gasteiger partial charge in [-0.2, -0.15) is 13.2 Å². The Hall–Kier alpha value is -0.290. The summed E-state index contributed by atoms with van der Waals surface area (Å²) in [4.78, 5) is 3.26. The molecule has 6 heteroatoms. The lowest BCUT2D eigenvalue weighted by atomic mass is 10.5. The Balaban J connectivity index is 2.89. The summed E-state index contributed by atoms with van der Waals surface area (Å²) in [5.74, 6) is 0.0285. The molecule has 0 unspecified atom stereocenters. The molecule has 1 nitrogen and oxygen atoms in total. The third kappa shape index (κ3) is 2.07. The van der Waals surface area contributed by atoms with E-state index in [-0.39, 0.29) is 5.88 Å². The lowest BCUT2D eigenvalue weighted by molar-refractivity contribution is -0.140. The number of nitrogens with zero attached hydrogens (tertiary/aromatic N) is 1. The molecule has 0 radical (unpaired) electrons. The monoisotopic (exact) mass is 201 g/mol. The largest absolute Gasteiger partial charge is 0.434 e. The maximum Gasteiger partial charge on any atom is 0.434 e. The molecule has 0 atom stereocenters. The van der Waals surface area contributed by atoms with Crippen LogP contribution in [-0.4, -0.2) is 4.98 Å². The maximum atomic E-state index is 11.8. The van der Waals surface area contributed by atoms with E-state index in [9.17, 15) is 13.2 Å². The third-order valence-electron chi connectivity index (χ3n) is 0.956. The summed E-state index contributed by atoms with van der Waals surface area (Å²) in [5.41, 5.74) is -0.863. The van der Waals surface area contributed by atoms with Gasteiger partial charge in [0.25, 0.3) is 0 Å². The summed E-state index contributed by atoms with van der Waals surface area (Å²) in [7, 11) is 0. The minimum absolute atomic E-state index is 0.0285. The second-order valence-corrected chi connectivity index (χ2v) is 2.97. The van der Waals surface area contributed by atoms with Crippen LogP contribution in [0.25, 0.3) is 0 Å². The first kappa shape index (κ1) is 8.80. The molecule has 0 saturated carbocycles. The summed E-state index contributed by atoms with van der Waals surface area (Å²) >= 11 is 6.18. The molecule has 0 aliphatic heterocycles. The second kappa shape index (κ2) is 2.98. The van der Waals surface area contributed by atoms with E-state index in [0.29, 0.717) is 5.01 Å². The molecule has 0 bridgehead atoms. The average Bonchev–Trinajstić information content (AvgIpc) is 2.32. The zero-order chi connectivity index (χ0) is 8.48. The Bertz CT molecular complexity index is 244. The van der Waals surface area contributed by atoms with Gasteiger partial charge >= 0.3 is 6.18 Å². The van der Waals surface area contributed by atoms with Crippen molar-refractivity contribution in [2.24, 2.45) is 0 Å². The van der Waals surface area contributed by atoms with Crippen LogP contribution in [0, 0.1) is 0 Å². The third-order valence-corrected chi connectivity index (χ3v) is 2.22. The molecule has 0 saturated heterocycles. The molecule has 0 aromatic carbocycles. The van der Waals surface area contributed by atoms with Crippen LogP contribution in [0.3, 0.4) is 0 Å². The fourth-order valence-electron chi connectivity index (χ4n) is 0.502. The molecule has 0 spiro atoms. The Labute approximate surface area is 69.8 Å². The maximum absolute atomic E-state index is 11.8. The van der Waals surface area contributed by atoms with Crippen LogP contribution in [0.15, 0.2) is 5.38 Å². The highest BCUT2D eigenvalue weighted by Crippen LogP contribution is 2.30. The van der Waals surface area contributed by atoms with E-state index in [1.165, 1.54) is 0 Å². The highest BCUT2D eigenvalue weighted by atomic mass is 35.5. The van der Waals surface area contributed by atoms with Gasteiger partial charge in [-0.05, 0) is 0 Å². The first-order chi connectivity index (χ1) is 5.04. The van der Waals surface area contributed by atoms with Crippen molar-refractivity contribution in [3.05, 3.63) is 16.1 Å². The van der Waals surface area contributed by atoms with Gasteiger partial charge in [0, 0.05) is 5.38 Å². The van der Waals surface area contributed by atoms with Gasteiger partial charge in [-0.3, -0.25) is 0 Å². The van der Waals surface area contributed by atoms with Crippen molar-refractivity contribution in [3.63, 3.8) is 0 Å². The first-order valence-corrected chi connectivity index (χ1v) is 4.03. The molecule has 1 aromatic rings. The molecule has 0 fully saturated rings. The molecular weight excluding hydrogens is 199 g/mol. The van der Waals surface area contributed by atoms with Gasteiger partial charge in [0.1, 0.15) is 5.01 Å². The fourth-order valence-corrected chi connectivity index (χ4v) is 1.40. The number of aromatic nitrogens is 1. The molecule has 1 aromatic heterocycles. The molecule has 11 heavy (non-hydrogen) atoms. The fraction of sp³-hybridized carbons (Fsp3) is 0.400. The molecule has 0 amide bonds. The molecule has 62 valence electrons. The lowest BCUT2D eigenvalue weighted by Gasteiger charge is -1.99. The van der Waals surface area contributed by atoms with Crippen molar-refractivity contribution in [1.82, 2.24) is 4.98 Å². The molecular formula is C5H3ClF3NS. The predicted octanol–water partition coefficient (Wildman–Crippen LogP) is 2.90. The van der Waals surface area contributed by atoms with Gasteiger partial charge < -0.3 is 0 Å².